The Bertz CT molecular complexity index is 1890. The lowest BCUT2D eigenvalue weighted by Crippen LogP contribution is -2.51. The van der Waals surface area contributed by atoms with Crippen LogP contribution in [0.3, 0.4) is 0 Å². The molecule has 2 aliphatic carbocycles. The van der Waals surface area contributed by atoms with Crippen molar-refractivity contribution in [2.24, 2.45) is 11.8 Å². The summed E-state index contributed by atoms with van der Waals surface area (Å²) >= 11 is 19.7. The summed E-state index contributed by atoms with van der Waals surface area (Å²) in [5.41, 5.74) is 3.04. The average molecular weight is 811 g/mol. The van der Waals surface area contributed by atoms with Gasteiger partial charge in [0.05, 0.1) is 22.5 Å². The zero-order valence-corrected chi connectivity index (χ0v) is 34.2. The number of ether oxygens (including phenoxy) is 2. The van der Waals surface area contributed by atoms with Crippen molar-refractivity contribution in [1.29, 1.82) is 0 Å². The standard InChI is InChI=1S/C42H50Cl3N5O5/c1-25-17-35(44)38(36(45)18-25)54-31-13-15-48(23-31)37-12-8-28(21-46-37)32-14-16-49(41(53)55-42(2,3)4)24-33(32)40(52)50(30-9-10-30)22-29-19-26(5-11-34(29)43)20-47-39(51)27-6-7-27/h5,8,11-12,17-19,21,27,30-33H,6-7,9-10,13-16,20,22-24H2,1-4H3,(H,47,51)/t31-,32+,33-/m0/s1. The van der Waals surface area contributed by atoms with Crippen LogP contribution < -0.4 is 15.0 Å². The van der Waals surface area contributed by atoms with Crippen molar-refractivity contribution in [2.75, 3.05) is 31.1 Å². The average Bonchev–Trinajstić information content (AvgIpc) is 4.09. The van der Waals surface area contributed by atoms with Crippen LogP contribution in [0.5, 0.6) is 5.75 Å². The summed E-state index contributed by atoms with van der Waals surface area (Å²) in [6.45, 7) is 10.3. The van der Waals surface area contributed by atoms with Crippen LogP contribution >= 0.6 is 34.8 Å². The largest absolute Gasteiger partial charge is 0.485 e. The first-order valence-corrected chi connectivity index (χ1v) is 20.5. The smallest absolute Gasteiger partial charge is 0.410 e. The Morgan fingerprint density at radius 3 is 2.31 bits per heavy atom. The van der Waals surface area contributed by atoms with Crippen molar-refractivity contribution in [3.63, 3.8) is 0 Å². The minimum atomic E-state index is -0.661. The highest BCUT2D eigenvalue weighted by molar-refractivity contribution is 6.37. The van der Waals surface area contributed by atoms with Crippen LogP contribution in [0.25, 0.3) is 0 Å². The number of carbonyl (C=O) groups excluding carboxylic acids is 3. The number of benzene rings is 2. The van der Waals surface area contributed by atoms with Crippen molar-refractivity contribution in [1.82, 2.24) is 20.1 Å². The van der Waals surface area contributed by atoms with E-state index in [2.05, 4.69) is 16.3 Å². The monoisotopic (exact) mass is 809 g/mol. The van der Waals surface area contributed by atoms with Gasteiger partial charge in [-0.05, 0) is 106 Å². The van der Waals surface area contributed by atoms with E-state index in [-0.39, 0.29) is 42.3 Å². The second kappa shape index (κ2) is 16.4. The molecule has 10 nitrogen and oxygen atoms in total. The van der Waals surface area contributed by atoms with Crippen molar-refractivity contribution in [3.8, 4) is 5.75 Å². The van der Waals surface area contributed by atoms with Crippen molar-refractivity contribution in [2.45, 2.75) is 103 Å². The Morgan fingerprint density at radius 1 is 0.909 bits per heavy atom. The van der Waals surface area contributed by atoms with Gasteiger partial charge in [-0.15, -0.1) is 0 Å². The molecule has 7 rings (SSSR count). The molecule has 0 unspecified atom stereocenters. The molecule has 0 spiro atoms. The fraction of sp³-hybridized carbons (Fsp3) is 0.524. The van der Waals surface area contributed by atoms with E-state index < -0.39 is 17.6 Å². The molecule has 2 aromatic carbocycles. The number of amides is 3. The Morgan fingerprint density at radius 2 is 1.65 bits per heavy atom. The normalized spacial score (nSPS) is 21.3. The van der Waals surface area contributed by atoms with Crippen molar-refractivity contribution in [3.05, 3.63) is 86.0 Å². The molecule has 2 saturated carbocycles. The maximum atomic E-state index is 14.8. The molecule has 4 fully saturated rings. The van der Waals surface area contributed by atoms with E-state index in [1.54, 1.807) is 4.90 Å². The minimum absolute atomic E-state index is 0.0127. The van der Waals surface area contributed by atoms with Gasteiger partial charge < -0.3 is 29.5 Å². The van der Waals surface area contributed by atoms with E-state index in [0.29, 0.717) is 53.4 Å². The number of nitrogens with one attached hydrogen (secondary N) is 1. The summed E-state index contributed by atoms with van der Waals surface area (Å²) in [6.07, 6.45) is 6.45. The van der Waals surface area contributed by atoms with Gasteiger partial charge in [0.1, 0.15) is 17.5 Å². The molecule has 3 aromatic rings. The number of aromatic nitrogens is 1. The van der Waals surface area contributed by atoms with Gasteiger partial charge in [-0.3, -0.25) is 9.59 Å². The molecule has 2 aliphatic heterocycles. The van der Waals surface area contributed by atoms with Crippen LogP contribution in [0.15, 0.2) is 48.7 Å². The summed E-state index contributed by atoms with van der Waals surface area (Å²) in [4.78, 5) is 51.2. The molecule has 13 heteroatoms. The molecular formula is C42H50Cl3N5O5. The number of pyridine rings is 1. The van der Waals surface area contributed by atoms with Gasteiger partial charge in [0.2, 0.25) is 11.8 Å². The molecule has 0 radical (unpaired) electrons. The number of halogens is 3. The lowest BCUT2D eigenvalue weighted by Gasteiger charge is -2.40. The number of rotatable bonds is 11. The van der Waals surface area contributed by atoms with Crippen LogP contribution in [-0.2, 0) is 27.4 Å². The fourth-order valence-electron chi connectivity index (χ4n) is 7.60. The fourth-order valence-corrected chi connectivity index (χ4v) is 8.47. The topological polar surface area (TPSA) is 104 Å². The molecular weight excluding hydrogens is 761 g/mol. The number of hydrogen-bond donors (Lipinski definition) is 1. The molecule has 2 saturated heterocycles. The maximum Gasteiger partial charge on any atom is 0.410 e. The highest BCUT2D eigenvalue weighted by atomic mass is 35.5. The number of piperidine rings is 1. The van der Waals surface area contributed by atoms with Gasteiger partial charge in [-0.1, -0.05) is 53.0 Å². The number of anilines is 1. The molecule has 3 amide bonds. The maximum absolute atomic E-state index is 14.8. The first-order chi connectivity index (χ1) is 26.2. The van der Waals surface area contributed by atoms with E-state index in [4.69, 9.17) is 49.3 Å². The summed E-state index contributed by atoms with van der Waals surface area (Å²) in [7, 11) is 0. The third kappa shape index (κ3) is 9.81. The lowest BCUT2D eigenvalue weighted by molar-refractivity contribution is -0.139. The third-order valence-electron chi connectivity index (χ3n) is 10.8. The minimum Gasteiger partial charge on any atom is -0.485 e. The number of carbonyl (C=O) groups is 3. The SMILES string of the molecule is Cc1cc(Cl)c(O[C@H]2CCN(c3ccc([C@H]4CCN(C(=O)OC(C)(C)C)C[C@@H]4C(=O)N(Cc4cc(CNC(=O)C5CC5)ccc4Cl)C4CC4)cn3)C2)c(Cl)c1. The van der Waals surface area contributed by atoms with Gasteiger partial charge in [0.15, 0.2) is 5.75 Å². The first-order valence-electron chi connectivity index (χ1n) is 19.4. The molecule has 294 valence electrons. The highest BCUT2D eigenvalue weighted by Gasteiger charge is 2.44. The Hall–Kier alpha value is -3.73. The van der Waals surface area contributed by atoms with Crippen LogP contribution in [0, 0.1) is 18.8 Å². The predicted molar refractivity (Wildman–Crippen MR) is 215 cm³/mol. The number of likely N-dealkylation sites (tertiary alicyclic amines) is 1. The van der Waals surface area contributed by atoms with Gasteiger partial charge >= 0.3 is 6.09 Å². The second-order valence-electron chi connectivity index (χ2n) is 16.5. The van der Waals surface area contributed by atoms with Crippen molar-refractivity contribution >= 4 is 58.5 Å². The summed E-state index contributed by atoms with van der Waals surface area (Å²) in [5.74, 6) is 0.858. The number of nitrogens with zero attached hydrogens (tertiary/aromatic N) is 4. The van der Waals surface area contributed by atoms with Crippen LogP contribution in [0.2, 0.25) is 15.1 Å². The summed E-state index contributed by atoms with van der Waals surface area (Å²) in [5, 5.41) is 4.60. The van der Waals surface area contributed by atoms with Crippen LogP contribution in [-0.4, -0.2) is 76.6 Å². The molecule has 55 heavy (non-hydrogen) atoms. The Labute approximate surface area is 338 Å². The van der Waals surface area contributed by atoms with E-state index >= 15 is 0 Å². The zero-order chi connectivity index (χ0) is 39.0. The predicted octanol–water partition coefficient (Wildman–Crippen LogP) is 8.57. The number of hydrogen-bond acceptors (Lipinski definition) is 7. The van der Waals surface area contributed by atoms with E-state index in [9.17, 15) is 14.4 Å². The summed E-state index contributed by atoms with van der Waals surface area (Å²) in [6, 6.07) is 13.6. The van der Waals surface area contributed by atoms with E-state index in [1.807, 2.05) is 75.2 Å². The van der Waals surface area contributed by atoms with E-state index in [1.165, 1.54) is 0 Å². The van der Waals surface area contributed by atoms with Gasteiger partial charge in [0.25, 0.3) is 0 Å². The Balaban J connectivity index is 1.08. The Kier molecular flexibility index (Phi) is 11.8. The molecule has 0 bridgehead atoms. The van der Waals surface area contributed by atoms with E-state index in [0.717, 1.165) is 66.7 Å². The van der Waals surface area contributed by atoms with Gasteiger partial charge in [0, 0.05) is 68.2 Å². The van der Waals surface area contributed by atoms with Crippen molar-refractivity contribution < 1.29 is 23.9 Å². The quantitative estimate of drug-likeness (QED) is 0.207. The number of aryl methyl sites for hydroxylation is 1. The lowest BCUT2D eigenvalue weighted by atomic mass is 9.80. The molecule has 4 aliphatic rings. The zero-order valence-electron chi connectivity index (χ0n) is 32.0. The summed E-state index contributed by atoms with van der Waals surface area (Å²) < 4.78 is 12.0. The molecule has 3 heterocycles. The van der Waals surface area contributed by atoms with Crippen LogP contribution in [0.1, 0.15) is 87.5 Å². The molecule has 1 N–H and O–H groups in total. The molecule has 1 aromatic heterocycles. The molecule has 3 atom stereocenters. The highest BCUT2D eigenvalue weighted by Crippen LogP contribution is 2.40. The van der Waals surface area contributed by atoms with Crippen LogP contribution in [0.4, 0.5) is 10.6 Å². The second-order valence-corrected chi connectivity index (χ2v) is 17.7. The van der Waals surface area contributed by atoms with Gasteiger partial charge in [-0.25, -0.2) is 9.78 Å². The third-order valence-corrected chi connectivity index (χ3v) is 11.7. The first kappa shape index (κ1) is 39.5. The van der Waals surface area contributed by atoms with Gasteiger partial charge in [-0.2, -0.15) is 0 Å².